The van der Waals surface area contributed by atoms with Crippen molar-refractivity contribution >= 4 is 0 Å². The lowest BCUT2D eigenvalue weighted by Gasteiger charge is -2.26. The van der Waals surface area contributed by atoms with Crippen LogP contribution in [0, 0.1) is 5.82 Å². The van der Waals surface area contributed by atoms with E-state index in [2.05, 4.69) is 4.90 Å². The minimum absolute atomic E-state index is 0.115. The minimum atomic E-state index is -0.122. The summed E-state index contributed by atoms with van der Waals surface area (Å²) in [4.78, 5) is 2.44. The molecule has 1 fully saturated rings. The lowest BCUT2D eigenvalue weighted by molar-refractivity contribution is 0.266. The fraction of sp³-hybridized carbons (Fsp3) is 0.600. The summed E-state index contributed by atoms with van der Waals surface area (Å²) >= 11 is 0. The van der Waals surface area contributed by atoms with Crippen molar-refractivity contribution in [1.82, 2.24) is 4.90 Å². The zero-order chi connectivity index (χ0) is 12.8. The summed E-state index contributed by atoms with van der Waals surface area (Å²) in [5.74, 6) is -0.00734. The normalized spacial score (nSPS) is 19.4. The van der Waals surface area contributed by atoms with Gasteiger partial charge in [0.15, 0.2) is 0 Å². The maximum absolute atomic E-state index is 13.8. The molecule has 1 aromatic rings. The molecule has 1 heterocycles. The van der Waals surface area contributed by atoms with Crippen LogP contribution in [0.5, 0.6) is 0 Å². The van der Waals surface area contributed by atoms with Crippen LogP contribution in [0.1, 0.15) is 37.2 Å². The summed E-state index contributed by atoms with van der Waals surface area (Å²) < 4.78 is 13.8. The van der Waals surface area contributed by atoms with Gasteiger partial charge in [0.2, 0.25) is 0 Å². The van der Waals surface area contributed by atoms with Gasteiger partial charge in [0.25, 0.3) is 0 Å². The molecular formula is C15H23FN2. The van der Waals surface area contributed by atoms with Gasteiger partial charge in [-0.05, 0) is 37.6 Å². The average molecular weight is 250 g/mol. The summed E-state index contributed by atoms with van der Waals surface area (Å²) in [6, 6.07) is 7.02. The summed E-state index contributed by atoms with van der Waals surface area (Å²) in [5.41, 5.74) is 6.60. The van der Waals surface area contributed by atoms with Gasteiger partial charge in [0.1, 0.15) is 5.82 Å². The van der Waals surface area contributed by atoms with Crippen LogP contribution in [-0.2, 0) is 0 Å². The van der Waals surface area contributed by atoms with Crippen LogP contribution >= 0.6 is 0 Å². The van der Waals surface area contributed by atoms with E-state index < -0.39 is 0 Å². The van der Waals surface area contributed by atoms with Gasteiger partial charge in [-0.2, -0.15) is 0 Å². The third-order valence-electron chi connectivity index (χ3n) is 3.81. The Balaban J connectivity index is 2.02. The van der Waals surface area contributed by atoms with Gasteiger partial charge in [0, 0.05) is 19.0 Å². The molecule has 1 aliphatic heterocycles. The number of rotatable bonds is 4. The van der Waals surface area contributed by atoms with Crippen molar-refractivity contribution in [2.75, 3.05) is 26.2 Å². The Labute approximate surface area is 109 Å². The molecule has 2 rings (SSSR count). The first-order chi connectivity index (χ1) is 8.81. The number of halogens is 1. The zero-order valence-electron chi connectivity index (χ0n) is 10.9. The second-order valence-corrected chi connectivity index (χ2v) is 5.17. The lowest BCUT2D eigenvalue weighted by atomic mass is 9.98. The largest absolute Gasteiger partial charge is 0.330 e. The Bertz CT molecular complexity index is 359. The van der Waals surface area contributed by atoms with E-state index in [0.29, 0.717) is 6.54 Å². The molecule has 0 radical (unpaired) electrons. The van der Waals surface area contributed by atoms with Crippen LogP contribution in [0.2, 0.25) is 0 Å². The van der Waals surface area contributed by atoms with Crippen LogP contribution in [0.15, 0.2) is 24.3 Å². The molecule has 2 nitrogen and oxygen atoms in total. The first kappa shape index (κ1) is 13.5. The van der Waals surface area contributed by atoms with E-state index in [1.807, 2.05) is 12.1 Å². The molecule has 0 amide bonds. The molecule has 0 saturated carbocycles. The number of benzene rings is 1. The molecular weight excluding hydrogens is 227 g/mol. The maximum Gasteiger partial charge on any atom is 0.126 e. The first-order valence-electron chi connectivity index (χ1n) is 6.98. The summed E-state index contributed by atoms with van der Waals surface area (Å²) in [6.45, 7) is 3.66. The van der Waals surface area contributed by atoms with Crippen molar-refractivity contribution in [1.29, 1.82) is 0 Å². The topological polar surface area (TPSA) is 29.3 Å². The van der Waals surface area contributed by atoms with E-state index in [4.69, 9.17) is 5.73 Å². The van der Waals surface area contributed by atoms with Crippen molar-refractivity contribution in [3.05, 3.63) is 35.6 Å². The van der Waals surface area contributed by atoms with Gasteiger partial charge in [0.05, 0.1) is 0 Å². The second-order valence-electron chi connectivity index (χ2n) is 5.17. The van der Waals surface area contributed by atoms with Crippen LogP contribution in [0.3, 0.4) is 0 Å². The Morgan fingerprint density at radius 2 is 1.78 bits per heavy atom. The van der Waals surface area contributed by atoms with Crippen molar-refractivity contribution < 1.29 is 4.39 Å². The van der Waals surface area contributed by atoms with E-state index in [0.717, 1.165) is 25.2 Å². The Hall–Kier alpha value is -0.930. The van der Waals surface area contributed by atoms with E-state index in [1.165, 1.54) is 31.7 Å². The SMILES string of the molecule is NCC(CN1CCCCCC1)c1ccccc1F. The highest BCUT2D eigenvalue weighted by atomic mass is 19.1. The lowest BCUT2D eigenvalue weighted by Crippen LogP contribution is -2.32. The highest BCUT2D eigenvalue weighted by Crippen LogP contribution is 2.21. The molecule has 1 unspecified atom stereocenters. The Kier molecular flexibility index (Phi) is 5.14. The average Bonchev–Trinajstić information content (AvgIpc) is 2.65. The summed E-state index contributed by atoms with van der Waals surface area (Å²) in [5, 5.41) is 0. The van der Waals surface area contributed by atoms with Crippen molar-refractivity contribution in [3.8, 4) is 0 Å². The van der Waals surface area contributed by atoms with Gasteiger partial charge in [-0.3, -0.25) is 0 Å². The number of nitrogens with two attached hydrogens (primary N) is 1. The van der Waals surface area contributed by atoms with Crippen LogP contribution in [-0.4, -0.2) is 31.1 Å². The first-order valence-corrected chi connectivity index (χ1v) is 6.98. The molecule has 2 N–H and O–H groups in total. The molecule has 1 saturated heterocycles. The van der Waals surface area contributed by atoms with Gasteiger partial charge < -0.3 is 10.6 Å². The number of hydrogen-bond acceptors (Lipinski definition) is 2. The molecule has 0 aliphatic carbocycles. The van der Waals surface area contributed by atoms with Crippen LogP contribution in [0.4, 0.5) is 4.39 Å². The van der Waals surface area contributed by atoms with Gasteiger partial charge in [-0.15, -0.1) is 0 Å². The van der Waals surface area contributed by atoms with Crippen molar-refractivity contribution in [2.45, 2.75) is 31.6 Å². The smallest absolute Gasteiger partial charge is 0.126 e. The van der Waals surface area contributed by atoms with Gasteiger partial charge in [-0.25, -0.2) is 4.39 Å². The zero-order valence-corrected chi connectivity index (χ0v) is 10.9. The standard InChI is InChI=1S/C15H23FN2/c16-15-8-4-3-7-14(15)13(11-17)12-18-9-5-1-2-6-10-18/h3-4,7-8,13H,1-2,5-6,9-12,17H2. The monoisotopic (exact) mass is 250 g/mol. The Morgan fingerprint density at radius 3 is 2.39 bits per heavy atom. The molecule has 18 heavy (non-hydrogen) atoms. The van der Waals surface area contributed by atoms with Gasteiger partial charge in [-0.1, -0.05) is 31.0 Å². The van der Waals surface area contributed by atoms with Gasteiger partial charge >= 0.3 is 0 Å². The van der Waals surface area contributed by atoms with Crippen LogP contribution < -0.4 is 5.73 Å². The number of nitrogens with zero attached hydrogens (tertiary/aromatic N) is 1. The number of likely N-dealkylation sites (tertiary alicyclic amines) is 1. The molecule has 1 aliphatic rings. The maximum atomic E-state index is 13.8. The molecule has 1 aromatic carbocycles. The Morgan fingerprint density at radius 1 is 1.11 bits per heavy atom. The van der Waals surface area contributed by atoms with E-state index >= 15 is 0 Å². The predicted molar refractivity (Wildman–Crippen MR) is 73.1 cm³/mol. The summed E-state index contributed by atoms with van der Waals surface area (Å²) in [7, 11) is 0. The fourth-order valence-electron chi connectivity index (χ4n) is 2.74. The molecule has 100 valence electrons. The van der Waals surface area contributed by atoms with Crippen LogP contribution in [0.25, 0.3) is 0 Å². The van der Waals surface area contributed by atoms with E-state index in [-0.39, 0.29) is 11.7 Å². The molecule has 1 atom stereocenters. The predicted octanol–water partition coefficient (Wildman–Crippen LogP) is 2.74. The fourth-order valence-corrected chi connectivity index (χ4v) is 2.74. The highest BCUT2D eigenvalue weighted by molar-refractivity contribution is 5.22. The summed E-state index contributed by atoms with van der Waals surface area (Å²) in [6.07, 6.45) is 5.16. The molecule has 0 bridgehead atoms. The third kappa shape index (κ3) is 3.53. The molecule has 0 aromatic heterocycles. The van der Waals surface area contributed by atoms with E-state index in [9.17, 15) is 4.39 Å². The van der Waals surface area contributed by atoms with Crippen molar-refractivity contribution in [2.24, 2.45) is 5.73 Å². The minimum Gasteiger partial charge on any atom is -0.330 e. The quantitative estimate of drug-likeness (QED) is 0.890. The highest BCUT2D eigenvalue weighted by Gasteiger charge is 2.18. The molecule has 0 spiro atoms. The molecule has 3 heteroatoms. The number of hydrogen-bond donors (Lipinski definition) is 1. The van der Waals surface area contributed by atoms with Crippen molar-refractivity contribution in [3.63, 3.8) is 0 Å². The van der Waals surface area contributed by atoms with E-state index in [1.54, 1.807) is 6.07 Å². The second kappa shape index (κ2) is 6.86. The third-order valence-corrected chi connectivity index (χ3v) is 3.81.